The number of benzene rings is 1. The zero-order chi connectivity index (χ0) is 24.8. The van der Waals surface area contributed by atoms with Gasteiger partial charge in [-0.3, -0.25) is 9.59 Å². The average Bonchev–Trinajstić information content (AvgIpc) is 3.19. The van der Waals surface area contributed by atoms with Gasteiger partial charge in [-0.2, -0.15) is 0 Å². The highest BCUT2D eigenvalue weighted by Crippen LogP contribution is 2.68. The second-order valence-electron chi connectivity index (χ2n) is 13.1. The molecule has 0 aliphatic heterocycles. The number of carbonyl (C=O) groups is 2. The average molecular weight is 479 g/mol. The van der Waals surface area contributed by atoms with Crippen LogP contribution in [0.25, 0.3) is 0 Å². The van der Waals surface area contributed by atoms with Crippen molar-refractivity contribution in [1.82, 2.24) is 0 Å². The molecule has 5 rings (SSSR count). The lowest BCUT2D eigenvalue weighted by atomic mass is 9.44. The van der Waals surface area contributed by atoms with Crippen LogP contribution >= 0.6 is 0 Å². The maximum atomic E-state index is 12.8. The molecule has 4 nitrogen and oxygen atoms in total. The molecule has 4 unspecified atom stereocenters. The van der Waals surface area contributed by atoms with Gasteiger partial charge in [-0.05, 0) is 116 Å². The van der Waals surface area contributed by atoms with Crippen LogP contribution < -0.4 is 11.1 Å². The minimum absolute atomic E-state index is 0.0162. The third kappa shape index (κ3) is 4.33. The van der Waals surface area contributed by atoms with Crippen molar-refractivity contribution in [2.24, 2.45) is 52.1 Å². The Balaban J connectivity index is 1.21. The van der Waals surface area contributed by atoms with E-state index in [2.05, 4.69) is 26.1 Å². The molecule has 3 N–H and O–H groups in total. The summed E-state index contributed by atoms with van der Waals surface area (Å²) in [6.45, 7) is 7.66. The number of primary amides is 1. The van der Waals surface area contributed by atoms with Gasteiger partial charge < -0.3 is 11.1 Å². The fraction of sp³-hybridized carbons (Fsp3) is 0.742. The molecule has 0 aromatic heterocycles. The molecule has 4 saturated carbocycles. The van der Waals surface area contributed by atoms with Crippen molar-refractivity contribution < 1.29 is 9.59 Å². The highest BCUT2D eigenvalue weighted by molar-refractivity contribution is 6.02. The predicted molar refractivity (Wildman–Crippen MR) is 142 cm³/mol. The molecule has 1 aromatic rings. The molecule has 8 atom stereocenters. The summed E-state index contributed by atoms with van der Waals surface area (Å²) in [6.07, 6.45) is 15.7. The maximum Gasteiger partial charge on any atom is 0.250 e. The highest BCUT2D eigenvalue weighted by Gasteiger charge is 2.60. The van der Waals surface area contributed by atoms with Crippen LogP contribution in [0.15, 0.2) is 24.3 Å². The molecule has 4 heteroatoms. The SMILES string of the molecule is C[C@H](CCC(=O)Nc1ccccc1C(N)=O)[C@H]1CCC2C3CCC4CCCC[C@]4(C)C3CC[C@@]21C. The van der Waals surface area contributed by atoms with Crippen LogP contribution in [0.4, 0.5) is 5.69 Å². The van der Waals surface area contributed by atoms with E-state index in [1.807, 2.05) is 6.07 Å². The number of carbonyl (C=O) groups excluding carboxylic acids is 2. The zero-order valence-electron chi connectivity index (χ0n) is 22.2. The van der Waals surface area contributed by atoms with Crippen LogP contribution in [0.5, 0.6) is 0 Å². The number of para-hydroxylation sites is 1. The van der Waals surface area contributed by atoms with Gasteiger partial charge >= 0.3 is 0 Å². The Morgan fingerprint density at radius 1 is 0.971 bits per heavy atom. The number of anilines is 1. The molecule has 0 bridgehead atoms. The van der Waals surface area contributed by atoms with E-state index in [0.717, 1.165) is 36.0 Å². The standard InChI is InChI=1S/C31H46N2O2/c1-20(11-16-28(34)33-27-10-5-4-9-23(27)29(32)35)24-14-15-25-22-13-12-21-8-6-7-18-30(21,2)26(22)17-19-31(24,25)3/h4-5,9-10,20-22,24-26H,6-8,11-19H2,1-3H3,(H2,32,35)(H,33,34)/t20-,21?,22?,24-,25?,26?,30+,31-/m1/s1. The van der Waals surface area contributed by atoms with E-state index in [-0.39, 0.29) is 5.91 Å². The monoisotopic (exact) mass is 478 g/mol. The van der Waals surface area contributed by atoms with Crippen LogP contribution in [-0.4, -0.2) is 11.8 Å². The van der Waals surface area contributed by atoms with Gasteiger partial charge in [-0.15, -0.1) is 0 Å². The molecule has 192 valence electrons. The normalized spacial score (nSPS) is 39.1. The second kappa shape index (κ2) is 9.56. The summed E-state index contributed by atoms with van der Waals surface area (Å²) < 4.78 is 0. The maximum absolute atomic E-state index is 12.8. The molecule has 0 heterocycles. The fourth-order valence-electron chi connectivity index (χ4n) is 9.85. The second-order valence-corrected chi connectivity index (χ2v) is 13.1. The van der Waals surface area contributed by atoms with E-state index in [1.54, 1.807) is 18.2 Å². The van der Waals surface area contributed by atoms with E-state index < -0.39 is 5.91 Å². The third-order valence-corrected chi connectivity index (χ3v) is 11.6. The molecule has 4 fully saturated rings. The van der Waals surface area contributed by atoms with Crippen molar-refractivity contribution in [3.63, 3.8) is 0 Å². The smallest absolute Gasteiger partial charge is 0.250 e. The van der Waals surface area contributed by atoms with E-state index in [1.165, 1.54) is 64.2 Å². The van der Waals surface area contributed by atoms with Crippen molar-refractivity contribution >= 4 is 17.5 Å². The number of hydrogen-bond donors (Lipinski definition) is 2. The molecule has 0 saturated heterocycles. The molecule has 4 aliphatic carbocycles. The summed E-state index contributed by atoms with van der Waals surface area (Å²) in [5.41, 5.74) is 7.41. The lowest BCUT2D eigenvalue weighted by Crippen LogP contribution is -2.53. The summed E-state index contributed by atoms with van der Waals surface area (Å²) >= 11 is 0. The van der Waals surface area contributed by atoms with Gasteiger partial charge in [0, 0.05) is 6.42 Å². The number of amides is 2. The number of hydrogen-bond acceptors (Lipinski definition) is 2. The topological polar surface area (TPSA) is 72.2 Å². The number of nitrogens with one attached hydrogen (secondary N) is 1. The van der Waals surface area contributed by atoms with Gasteiger partial charge in [-0.1, -0.05) is 45.7 Å². The Morgan fingerprint density at radius 3 is 2.54 bits per heavy atom. The Hall–Kier alpha value is -1.84. The molecule has 0 radical (unpaired) electrons. The van der Waals surface area contributed by atoms with Gasteiger partial charge in [0.15, 0.2) is 0 Å². The molecule has 1 aromatic carbocycles. The number of fused-ring (bicyclic) bond motifs is 5. The summed E-state index contributed by atoms with van der Waals surface area (Å²) in [5.74, 6) is 4.48. The quantitative estimate of drug-likeness (QED) is 0.454. The summed E-state index contributed by atoms with van der Waals surface area (Å²) in [7, 11) is 0. The van der Waals surface area contributed by atoms with Crippen molar-refractivity contribution in [2.75, 3.05) is 5.32 Å². The zero-order valence-corrected chi connectivity index (χ0v) is 22.2. The summed E-state index contributed by atoms with van der Waals surface area (Å²) in [5, 5.41) is 2.93. The lowest BCUT2D eigenvalue weighted by Gasteiger charge is -2.61. The first-order valence-electron chi connectivity index (χ1n) is 14.4. The first-order valence-corrected chi connectivity index (χ1v) is 14.4. The van der Waals surface area contributed by atoms with Crippen molar-refractivity contribution in [3.8, 4) is 0 Å². The largest absolute Gasteiger partial charge is 0.366 e. The fourth-order valence-corrected chi connectivity index (χ4v) is 9.85. The molecule has 35 heavy (non-hydrogen) atoms. The predicted octanol–water partition coefficient (Wildman–Crippen LogP) is 7.19. The Labute approximate surface area is 212 Å². The lowest BCUT2D eigenvalue weighted by molar-refractivity contribution is -0.118. The first-order chi connectivity index (χ1) is 16.7. The van der Waals surface area contributed by atoms with Gasteiger partial charge in [0.25, 0.3) is 5.91 Å². The Morgan fingerprint density at radius 2 is 1.74 bits per heavy atom. The Bertz CT molecular complexity index is 959. The minimum Gasteiger partial charge on any atom is -0.366 e. The van der Waals surface area contributed by atoms with Crippen LogP contribution in [0.1, 0.15) is 108 Å². The molecular formula is C31H46N2O2. The van der Waals surface area contributed by atoms with Crippen LogP contribution in [-0.2, 0) is 4.79 Å². The van der Waals surface area contributed by atoms with Gasteiger partial charge in [0.2, 0.25) is 5.91 Å². The van der Waals surface area contributed by atoms with Crippen LogP contribution in [0.3, 0.4) is 0 Å². The molecule has 0 spiro atoms. The molecule has 2 amide bonds. The minimum atomic E-state index is -0.508. The van der Waals surface area contributed by atoms with Crippen molar-refractivity contribution in [2.45, 2.75) is 97.8 Å². The Kier molecular flexibility index (Phi) is 6.78. The van der Waals surface area contributed by atoms with Gasteiger partial charge in [0.05, 0.1) is 11.3 Å². The van der Waals surface area contributed by atoms with Crippen LogP contribution in [0, 0.1) is 46.3 Å². The first kappa shape index (κ1) is 24.8. The van der Waals surface area contributed by atoms with Crippen molar-refractivity contribution in [1.29, 1.82) is 0 Å². The third-order valence-electron chi connectivity index (χ3n) is 11.6. The van der Waals surface area contributed by atoms with Crippen molar-refractivity contribution in [3.05, 3.63) is 29.8 Å². The number of rotatable bonds is 6. The van der Waals surface area contributed by atoms with E-state index in [4.69, 9.17) is 5.73 Å². The van der Waals surface area contributed by atoms with E-state index >= 15 is 0 Å². The summed E-state index contributed by atoms with van der Waals surface area (Å²) in [6, 6.07) is 7.01. The number of nitrogens with two attached hydrogens (primary N) is 1. The van der Waals surface area contributed by atoms with E-state index in [9.17, 15) is 9.59 Å². The van der Waals surface area contributed by atoms with Crippen LogP contribution in [0.2, 0.25) is 0 Å². The summed E-state index contributed by atoms with van der Waals surface area (Å²) in [4.78, 5) is 24.4. The molecule has 4 aliphatic rings. The van der Waals surface area contributed by atoms with E-state index in [0.29, 0.717) is 34.4 Å². The highest BCUT2D eigenvalue weighted by atomic mass is 16.2. The molecular weight excluding hydrogens is 432 g/mol. The van der Waals surface area contributed by atoms with Gasteiger partial charge in [-0.25, -0.2) is 0 Å². The van der Waals surface area contributed by atoms with Gasteiger partial charge in [0.1, 0.15) is 0 Å².